The molecule has 8 heteroatoms. The molecular weight excluding hydrogens is 269 g/mol. The van der Waals surface area contributed by atoms with Crippen LogP contribution < -0.4 is 16.0 Å². The van der Waals surface area contributed by atoms with Gasteiger partial charge in [-0.15, -0.1) is 0 Å². The normalized spacial score (nSPS) is 18.4. The molecule has 1 saturated heterocycles. The lowest BCUT2D eigenvalue weighted by Crippen LogP contribution is -2.47. The van der Waals surface area contributed by atoms with Gasteiger partial charge in [0.15, 0.2) is 0 Å². The van der Waals surface area contributed by atoms with E-state index in [0.717, 1.165) is 6.07 Å². The van der Waals surface area contributed by atoms with E-state index in [-0.39, 0.29) is 18.0 Å². The van der Waals surface area contributed by atoms with Gasteiger partial charge in [0.25, 0.3) is 0 Å². The molecule has 20 heavy (non-hydrogen) atoms. The second kappa shape index (κ2) is 5.55. The third-order valence-electron chi connectivity index (χ3n) is 2.79. The van der Waals surface area contributed by atoms with E-state index in [1.165, 1.54) is 12.1 Å². The number of hydrogen-bond donors (Lipinski definition) is 4. The summed E-state index contributed by atoms with van der Waals surface area (Å²) in [6.45, 7) is 0. The fourth-order valence-electron chi connectivity index (χ4n) is 1.86. The number of anilines is 2. The Morgan fingerprint density at radius 3 is 2.80 bits per heavy atom. The van der Waals surface area contributed by atoms with Crippen molar-refractivity contribution in [2.45, 2.75) is 18.9 Å². The number of amides is 3. The Labute approximate surface area is 113 Å². The van der Waals surface area contributed by atoms with E-state index in [0.29, 0.717) is 12.1 Å². The van der Waals surface area contributed by atoms with Crippen LogP contribution >= 0.6 is 0 Å². The molecule has 0 aromatic heterocycles. The third-order valence-corrected chi connectivity index (χ3v) is 2.79. The van der Waals surface area contributed by atoms with E-state index in [1.54, 1.807) is 0 Å². The molecule has 2 rings (SSSR count). The van der Waals surface area contributed by atoms with Crippen molar-refractivity contribution in [1.29, 1.82) is 0 Å². The SMILES string of the molecule is O=C(O)Nc1cc(NC2CCC(=O)NC2=O)ccc1F. The van der Waals surface area contributed by atoms with Gasteiger partial charge in [0.1, 0.15) is 11.9 Å². The predicted molar refractivity (Wildman–Crippen MR) is 67.8 cm³/mol. The van der Waals surface area contributed by atoms with Crippen molar-refractivity contribution in [2.24, 2.45) is 0 Å². The van der Waals surface area contributed by atoms with Crippen LogP contribution in [0.2, 0.25) is 0 Å². The van der Waals surface area contributed by atoms with Gasteiger partial charge in [-0.1, -0.05) is 0 Å². The number of nitrogens with one attached hydrogen (secondary N) is 3. The summed E-state index contributed by atoms with van der Waals surface area (Å²) in [4.78, 5) is 33.1. The van der Waals surface area contributed by atoms with E-state index >= 15 is 0 Å². The molecular formula is C12H12FN3O4. The standard InChI is InChI=1S/C12H12FN3O4/c13-7-2-1-6(5-9(7)15-12(19)20)14-8-3-4-10(17)16-11(8)18/h1-2,5,8,14-15H,3-4H2,(H,19,20)(H,16,17,18). The van der Waals surface area contributed by atoms with Gasteiger partial charge in [0.2, 0.25) is 11.8 Å². The van der Waals surface area contributed by atoms with Crippen molar-refractivity contribution in [2.75, 3.05) is 10.6 Å². The van der Waals surface area contributed by atoms with Gasteiger partial charge in [-0.3, -0.25) is 20.2 Å². The lowest BCUT2D eigenvalue weighted by atomic mass is 10.1. The number of carbonyl (C=O) groups excluding carboxylic acids is 2. The average Bonchev–Trinajstić information content (AvgIpc) is 2.36. The highest BCUT2D eigenvalue weighted by molar-refractivity contribution is 6.01. The molecule has 1 atom stereocenters. The smallest absolute Gasteiger partial charge is 0.409 e. The van der Waals surface area contributed by atoms with Crippen molar-refractivity contribution < 1.29 is 23.9 Å². The Morgan fingerprint density at radius 2 is 2.15 bits per heavy atom. The zero-order valence-electron chi connectivity index (χ0n) is 10.3. The number of hydrogen-bond acceptors (Lipinski definition) is 4. The number of imide groups is 1. The summed E-state index contributed by atoms with van der Waals surface area (Å²) in [7, 11) is 0. The van der Waals surface area contributed by atoms with Crippen LogP contribution in [0.5, 0.6) is 0 Å². The molecule has 1 fully saturated rings. The maximum atomic E-state index is 13.4. The van der Waals surface area contributed by atoms with Gasteiger partial charge in [-0.05, 0) is 24.6 Å². The largest absolute Gasteiger partial charge is 0.465 e. The number of carbonyl (C=O) groups is 3. The first-order valence-corrected chi connectivity index (χ1v) is 5.85. The van der Waals surface area contributed by atoms with Crippen LogP contribution in [-0.2, 0) is 9.59 Å². The van der Waals surface area contributed by atoms with Crippen LogP contribution in [0.1, 0.15) is 12.8 Å². The Bertz CT molecular complexity index is 576. The monoisotopic (exact) mass is 281 g/mol. The van der Waals surface area contributed by atoms with Crippen LogP contribution in [0.15, 0.2) is 18.2 Å². The highest BCUT2D eigenvalue weighted by Crippen LogP contribution is 2.21. The molecule has 1 unspecified atom stereocenters. The topological polar surface area (TPSA) is 108 Å². The van der Waals surface area contributed by atoms with E-state index in [2.05, 4.69) is 10.6 Å². The fourth-order valence-corrected chi connectivity index (χ4v) is 1.86. The zero-order chi connectivity index (χ0) is 14.7. The quantitative estimate of drug-likeness (QED) is 0.621. The molecule has 1 heterocycles. The lowest BCUT2D eigenvalue weighted by Gasteiger charge is -2.23. The van der Waals surface area contributed by atoms with Crippen molar-refractivity contribution in [3.63, 3.8) is 0 Å². The van der Waals surface area contributed by atoms with Crippen LogP contribution in [0.4, 0.5) is 20.6 Å². The van der Waals surface area contributed by atoms with Gasteiger partial charge in [0, 0.05) is 12.1 Å². The first-order valence-electron chi connectivity index (χ1n) is 5.85. The molecule has 106 valence electrons. The second-order valence-corrected chi connectivity index (χ2v) is 4.27. The summed E-state index contributed by atoms with van der Waals surface area (Å²) >= 11 is 0. The van der Waals surface area contributed by atoms with Crippen molar-refractivity contribution in [3.05, 3.63) is 24.0 Å². The third kappa shape index (κ3) is 3.22. The fraction of sp³-hybridized carbons (Fsp3) is 0.250. The molecule has 1 aliphatic rings. The summed E-state index contributed by atoms with van der Waals surface area (Å²) in [5.74, 6) is -1.51. The number of piperidine rings is 1. The molecule has 1 aromatic carbocycles. The van der Waals surface area contributed by atoms with Crippen molar-refractivity contribution in [3.8, 4) is 0 Å². The van der Waals surface area contributed by atoms with Gasteiger partial charge < -0.3 is 10.4 Å². The van der Waals surface area contributed by atoms with Crippen molar-refractivity contribution >= 4 is 29.3 Å². The molecule has 7 nitrogen and oxygen atoms in total. The second-order valence-electron chi connectivity index (χ2n) is 4.27. The molecule has 3 amide bonds. The van der Waals surface area contributed by atoms with Crippen LogP contribution in [0.3, 0.4) is 0 Å². The highest BCUT2D eigenvalue weighted by atomic mass is 19.1. The van der Waals surface area contributed by atoms with E-state index in [9.17, 15) is 18.8 Å². The summed E-state index contributed by atoms with van der Waals surface area (Å²) < 4.78 is 13.4. The number of rotatable bonds is 3. The van der Waals surface area contributed by atoms with E-state index in [1.807, 2.05) is 5.32 Å². The molecule has 0 radical (unpaired) electrons. The molecule has 1 aliphatic heterocycles. The Hall–Kier alpha value is -2.64. The van der Waals surface area contributed by atoms with Gasteiger partial charge in [0.05, 0.1) is 5.69 Å². The van der Waals surface area contributed by atoms with Crippen LogP contribution in [0, 0.1) is 5.82 Å². The lowest BCUT2D eigenvalue weighted by molar-refractivity contribution is -0.133. The Balaban J connectivity index is 2.11. The minimum atomic E-state index is -1.39. The van der Waals surface area contributed by atoms with Crippen molar-refractivity contribution in [1.82, 2.24) is 5.32 Å². The van der Waals surface area contributed by atoms with Gasteiger partial charge >= 0.3 is 6.09 Å². The summed E-state index contributed by atoms with van der Waals surface area (Å²) in [5.41, 5.74) is 0.166. The zero-order valence-corrected chi connectivity index (χ0v) is 10.3. The highest BCUT2D eigenvalue weighted by Gasteiger charge is 2.26. The van der Waals surface area contributed by atoms with E-state index < -0.39 is 23.9 Å². The van der Waals surface area contributed by atoms with E-state index in [4.69, 9.17) is 5.11 Å². The van der Waals surface area contributed by atoms with Gasteiger partial charge in [-0.25, -0.2) is 9.18 Å². The maximum Gasteiger partial charge on any atom is 0.409 e. The molecule has 0 bridgehead atoms. The van der Waals surface area contributed by atoms with Gasteiger partial charge in [-0.2, -0.15) is 0 Å². The molecule has 0 saturated carbocycles. The van der Waals surface area contributed by atoms with Crippen LogP contribution in [-0.4, -0.2) is 29.1 Å². The molecule has 1 aromatic rings. The Kier molecular flexibility index (Phi) is 3.83. The minimum Gasteiger partial charge on any atom is -0.465 e. The molecule has 4 N–H and O–H groups in total. The summed E-state index contributed by atoms with van der Waals surface area (Å²) in [5, 5.41) is 15.5. The summed E-state index contributed by atoms with van der Waals surface area (Å²) in [6.07, 6.45) is -0.851. The molecule has 0 spiro atoms. The first kappa shape index (κ1) is 13.8. The number of benzene rings is 1. The maximum absolute atomic E-state index is 13.4. The van der Waals surface area contributed by atoms with Crippen LogP contribution in [0.25, 0.3) is 0 Å². The predicted octanol–water partition coefficient (Wildman–Crippen LogP) is 1.13. The average molecular weight is 281 g/mol. The molecule has 0 aliphatic carbocycles. The number of carboxylic acid groups (broad SMARTS) is 1. The Morgan fingerprint density at radius 1 is 1.40 bits per heavy atom. The number of halogens is 1. The first-order chi connectivity index (χ1) is 9.45. The summed E-state index contributed by atoms with van der Waals surface area (Å²) in [6, 6.07) is 3.09. The minimum absolute atomic E-state index is 0.213.